The van der Waals surface area contributed by atoms with E-state index in [-0.39, 0.29) is 11.2 Å². The lowest BCUT2D eigenvalue weighted by Crippen LogP contribution is -2.25. The molecule has 1 aromatic heterocycles. The summed E-state index contributed by atoms with van der Waals surface area (Å²) in [6, 6.07) is 7.57. The van der Waals surface area contributed by atoms with Crippen LogP contribution < -0.4 is 9.62 Å². The molecule has 5 nitrogen and oxygen atoms in total. The first kappa shape index (κ1) is 17.1. The van der Waals surface area contributed by atoms with Gasteiger partial charge in [-0.15, -0.1) is 0 Å². The van der Waals surface area contributed by atoms with Crippen molar-refractivity contribution in [2.24, 2.45) is 0 Å². The van der Waals surface area contributed by atoms with E-state index in [2.05, 4.69) is 22.5 Å². The van der Waals surface area contributed by atoms with Gasteiger partial charge < -0.3 is 5.32 Å². The summed E-state index contributed by atoms with van der Waals surface area (Å²) in [4.78, 5) is 4.61. The Hall–Kier alpha value is -2.05. The minimum absolute atomic E-state index is 0.0129. The molecule has 0 amide bonds. The molecule has 0 bridgehead atoms. The average molecular weight is 402 g/mol. The van der Waals surface area contributed by atoms with E-state index < -0.39 is 10.0 Å². The predicted molar refractivity (Wildman–Crippen MR) is 109 cm³/mol. The molecular weight excluding hydrogens is 382 g/mol. The molecule has 140 valence electrons. The fourth-order valence-electron chi connectivity index (χ4n) is 4.44. The number of benzene rings is 1. The molecule has 3 aliphatic rings. The van der Waals surface area contributed by atoms with E-state index in [0.717, 1.165) is 46.9 Å². The number of aromatic nitrogens is 1. The highest BCUT2D eigenvalue weighted by atomic mass is 35.5. The molecule has 27 heavy (non-hydrogen) atoms. The summed E-state index contributed by atoms with van der Waals surface area (Å²) in [5.74, 6) is 1.10. The van der Waals surface area contributed by atoms with Gasteiger partial charge in [0.05, 0.1) is 16.5 Å². The van der Waals surface area contributed by atoms with Gasteiger partial charge in [-0.3, -0.25) is 4.31 Å². The van der Waals surface area contributed by atoms with Crippen molar-refractivity contribution in [2.75, 3.05) is 28.5 Å². The van der Waals surface area contributed by atoms with Crippen molar-refractivity contribution in [1.29, 1.82) is 0 Å². The van der Waals surface area contributed by atoms with Crippen LogP contribution in [0.15, 0.2) is 42.6 Å². The SMILES string of the molecule is O=S1(=O)CCCN1c1ccc(-c2cnc3c(c2Cl)C2(CC=CC2)CN3)cc1. The van der Waals surface area contributed by atoms with Gasteiger partial charge in [-0.2, -0.15) is 0 Å². The van der Waals surface area contributed by atoms with Crippen LogP contribution in [0.2, 0.25) is 5.02 Å². The summed E-state index contributed by atoms with van der Waals surface area (Å²) in [5.41, 5.74) is 3.67. The van der Waals surface area contributed by atoms with Gasteiger partial charge in [0, 0.05) is 35.8 Å². The Morgan fingerprint density at radius 2 is 1.89 bits per heavy atom. The Morgan fingerprint density at radius 3 is 2.56 bits per heavy atom. The van der Waals surface area contributed by atoms with Crippen LogP contribution in [0.3, 0.4) is 0 Å². The van der Waals surface area contributed by atoms with Crippen LogP contribution in [0.5, 0.6) is 0 Å². The Bertz CT molecular complexity index is 1040. The summed E-state index contributed by atoms with van der Waals surface area (Å²) >= 11 is 6.86. The number of nitrogens with one attached hydrogen (secondary N) is 1. The number of halogens is 1. The smallest absolute Gasteiger partial charge is 0.235 e. The Labute approximate surface area is 164 Å². The van der Waals surface area contributed by atoms with Crippen molar-refractivity contribution in [2.45, 2.75) is 24.7 Å². The highest BCUT2D eigenvalue weighted by molar-refractivity contribution is 7.93. The van der Waals surface area contributed by atoms with Crippen molar-refractivity contribution in [1.82, 2.24) is 4.98 Å². The van der Waals surface area contributed by atoms with Crippen molar-refractivity contribution in [3.63, 3.8) is 0 Å². The highest BCUT2D eigenvalue weighted by Crippen LogP contribution is 2.49. The molecule has 3 heterocycles. The maximum atomic E-state index is 12.1. The third kappa shape index (κ3) is 2.57. The van der Waals surface area contributed by atoms with Gasteiger partial charge in [0.15, 0.2) is 0 Å². The van der Waals surface area contributed by atoms with Gasteiger partial charge in [-0.05, 0) is 37.0 Å². The number of pyridine rings is 1. The van der Waals surface area contributed by atoms with Crippen LogP contribution in [0, 0.1) is 0 Å². The Kier molecular flexibility index (Phi) is 3.78. The first-order valence-electron chi connectivity index (χ1n) is 9.19. The molecule has 2 aliphatic heterocycles. The summed E-state index contributed by atoms with van der Waals surface area (Å²) in [6.07, 6.45) is 8.86. The highest BCUT2D eigenvalue weighted by Gasteiger charge is 2.42. The number of nitrogens with zero attached hydrogens (tertiary/aromatic N) is 2. The van der Waals surface area contributed by atoms with Gasteiger partial charge in [0.1, 0.15) is 5.82 Å². The first-order valence-corrected chi connectivity index (χ1v) is 11.2. The van der Waals surface area contributed by atoms with E-state index in [1.54, 1.807) is 6.20 Å². The second kappa shape index (κ2) is 5.97. The molecule has 1 fully saturated rings. The zero-order chi connectivity index (χ0) is 18.6. The molecule has 7 heteroatoms. The molecule has 0 saturated carbocycles. The molecule has 0 unspecified atom stereocenters. The summed E-state index contributed by atoms with van der Waals surface area (Å²) in [6.45, 7) is 1.40. The zero-order valence-electron chi connectivity index (χ0n) is 14.8. The summed E-state index contributed by atoms with van der Waals surface area (Å²) in [7, 11) is -3.17. The molecule has 1 aromatic carbocycles. The quantitative estimate of drug-likeness (QED) is 0.774. The van der Waals surface area contributed by atoms with Crippen LogP contribution in [0.1, 0.15) is 24.8 Å². The van der Waals surface area contributed by atoms with Gasteiger partial charge in [0.2, 0.25) is 10.0 Å². The van der Waals surface area contributed by atoms with Gasteiger partial charge in [-0.25, -0.2) is 13.4 Å². The summed E-state index contributed by atoms with van der Waals surface area (Å²) < 4.78 is 25.7. The number of hydrogen-bond donors (Lipinski definition) is 1. The molecule has 1 N–H and O–H groups in total. The number of sulfonamides is 1. The van der Waals surface area contributed by atoms with Crippen molar-refractivity contribution < 1.29 is 8.42 Å². The van der Waals surface area contributed by atoms with E-state index in [4.69, 9.17) is 11.6 Å². The largest absolute Gasteiger partial charge is 0.369 e. The topological polar surface area (TPSA) is 62.3 Å². The van der Waals surface area contributed by atoms with Crippen LogP contribution in [-0.2, 0) is 15.4 Å². The van der Waals surface area contributed by atoms with E-state index in [9.17, 15) is 8.42 Å². The predicted octanol–water partition coefficient (Wildman–Crippen LogP) is 3.96. The second-order valence-electron chi connectivity index (χ2n) is 7.51. The lowest BCUT2D eigenvalue weighted by molar-refractivity contribution is 0.509. The van der Waals surface area contributed by atoms with E-state index in [1.807, 2.05) is 24.3 Å². The maximum absolute atomic E-state index is 12.1. The number of allylic oxidation sites excluding steroid dienone is 2. The lowest BCUT2D eigenvalue weighted by atomic mass is 9.80. The molecule has 2 aromatic rings. The molecule has 5 rings (SSSR count). The van der Waals surface area contributed by atoms with Gasteiger partial charge in [0.25, 0.3) is 0 Å². The number of rotatable bonds is 2. The standard InChI is InChI=1S/C20H20ClN3O2S/c21-18-16(12-22-19-17(18)20(13-23-19)8-1-2-9-20)14-4-6-15(7-5-14)24-10-3-11-27(24,25)26/h1-2,4-7,12H,3,8-11,13H2,(H,22,23). The Morgan fingerprint density at radius 1 is 1.15 bits per heavy atom. The van der Waals surface area contributed by atoms with E-state index >= 15 is 0 Å². The zero-order valence-corrected chi connectivity index (χ0v) is 16.4. The average Bonchev–Trinajstić information content (AvgIpc) is 3.36. The third-order valence-corrected chi connectivity index (χ3v) is 8.15. The molecular formula is C20H20ClN3O2S. The van der Waals surface area contributed by atoms with Gasteiger partial charge in [-0.1, -0.05) is 35.9 Å². The second-order valence-corrected chi connectivity index (χ2v) is 9.90. The van der Waals surface area contributed by atoms with Crippen molar-refractivity contribution in [3.8, 4) is 11.1 Å². The number of hydrogen-bond acceptors (Lipinski definition) is 4. The van der Waals surface area contributed by atoms with Crippen LogP contribution in [0.25, 0.3) is 11.1 Å². The molecule has 0 atom stereocenters. The van der Waals surface area contributed by atoms with Crippen LogP contribution >= 0.6 is 11.6 Å². The normalized spacial score (nSPS) is 21.6. The fourth-order valence-corrected chi connectivity index (χ4v) is 6.45. The van der Waals surface area contributed by atoms with Crippen molar-refractivity contribution in [3.05, 3.63) is 53.2 Å². The lowest BCUT2D eigenvalue weighted by Gasteiger charge is -2.24. The Balaban J connectivity index is 1.53. The minimum atomic E-state index is -3.17. The fraction of sp³-hybridized carbons (Fsp3) is 0.350. The van der Waals surface area contributed by atoms with Crippen molar-refractivity contribution >= 4 is 33.1 Å². The molecule has 0 radical (unpaired) electrons. The van der Waals surface area contributed by atoms with Crippen LogP contribution in [-0.4, -0.2) is 32.2 Å². The van der Waals surface area contributed by atoms with Gasteiger partial charge >= 0.3 is 0 Å². The van der Waals surface area contributed by atoms with E-state index in [1.165, 1.54) is 4.31 Å². The minimum Gasteiger partial charge on any atom is -0.369 e. The monoisotopic (exact) mass is 401 g/mol. The molecule has 1 aliphatic carbocycles. The molecule has 1 spiro atoms. The number of anilines is 2. The number of fused-ring (bicyclic) bond motifs is 2. The van der Waals surface area contributed by atoms with Crippen LogP contribution in [0.4, 0.5) is 11.5 Å². The third-order valence-electron chi connectivity index (χ3n) is 5.89. The van der Waals surface area contributed by atoms with E-state index in [0.29, 0.717) is 18.7 Å². The summed E-state index contributed by atoms with van der Waals surface area (Å²) in [5, 5.41) is 4.14. The molecule has 1 saturated heterocycles. The maximum Gasteiger partial charge on any atom is 0.235 e. The first-order chi connectivity index (χ1) is 13.0.